The highest BCUT2D eigenvalue weighted by Gasteiger charge is 2.14. The monoisotopic (exact) mass is 175 g/mol. The molecule has 0 aromatic rings. The normalized spacial score (nSPS) is 12.8. The summed E-state index contributed by atoms with van der Waals surface area (Å²) in [6.07, 6.45) is 0. The smallest absolute Gasteiger partial charge is 0.332 e. The van der Waals surface area contributed by atoms with E-state index in [9.17, 15) is 4.79 Å². The summed E-state index contributed by atoms with van der Waals surface area (Å²) >= 11 is 0. The number of nitrogens with zero attached hydrogens (tertiary/aromatic N) is 2. The van der Waals surface area contributed by atoms with Crippen LogP contribution in [-0.2, 0) is 4.79 Å². The molecule has 12 heavy (non-hydrogen) atoms. The van der Waals surface area contributed by atoms with E-state index in [1.165, 1.54) is 0 Å². The molecule has 0 aromatic carbocycles. The fourth-order valence-corrected chi connectivity index (χ4v) is 0.316. The highest BCUT2D eigenvalue weighted by atomic mass is 16.4. The van der Waals surface area contributed by atoms with Crippen LogP contribution >= 0.6 is 0 Å². The maximum absolute atomic E-state index is 10.2. The maximum Gasteiger partial charge on any atom is 0.332 e. The van der Waals surface area contributed by atoms with Crippen LogP contribution in [0.15, 0.2) is 10.3 Å². The first-order valence-corrected chi connectivity index (χ1v) is 2.91. The lowest BCUT2D eigenvalue weighted by Crippen LogP contribution is -2.27. The molecule has 68 valence electrons. The number of rotatable bonds is 4. The molecule has 0 unspecified atom stereocenters. The Kier molecular flexibility index (Phi) is 4.31. The van der Waals surface area contributed by atoms with Gasteiger partial charge in [0.25, 0.3) is 0 Å². The molecule has 6 N–H and O–H groups in total. The molecule has 0 fully saturated rings. The van der Waals surface area contributed by atoms with E-state index in [1.807, 2.05) is 5.43 Å². The van der Waals surface area contributed by atoms with Gasteiger partial charge in [0, 0.05) is 0 Å². The SMILES string of the molecule is N=C(N)NN=N[C@@H](CO)C(=O)O. The third-order valence-electron chi connectivity index (χ3n) is 0.826. The van der Waals surface area contributed by atoms with E-state index in [2.05, 4.69) is 10.3 Å². The van der Waals surface area contributed by atoms with E-state index in [0.717, 1.165) is 0 Å². The molecular formula is C4H9N5O3. The lowest BCUT2D eigenvalue weighted by atomic mass is 10.3. The number of guanidine groups is 1. The summed E-state index contributed by atoms with van der Waals surface area (Å²) in [5.41, 5.74) is 6.71. The standard InChI is InChI=1S/C4H9N5O3/c5-4(6)8-9-7-2(1-10)3(11)12/h2,10H,1H2,(H,11,12)(H4,5,6,7,8)/t2-/m0/s1. The van der Waals surface area contributed by atoms with Crippen LogP contribution in [0.25, 0.3) is 0 Å². The van der Waals surface area contributed by atoms with Crippen LogP contribution < -0.4 is 11.2 Å². The number of hydrogen-bond acceptors (Lipinski definition) is 5. The third-order valence-corrected chi connectivity index (χ3v) is 0.826. The minimum Gasteiger partial charge on any atom is -0.480 e. The quantitative estimate of drug-likeness (QED) is 0.149. The van der Waals surface area contributed by atoms with Gasteiger partial charge < -0.3 is 15.9 Å². The topological polar surface area (TPSA) is 144 Å². The number of aliphatic hydroxyl groups excluding tert-OH is 1. The first-order valence-electron chi connectivity index (χ1n) is 2.91. The van der Waals surface area contributed by atoms with E-state index in [1.54, 1.807) is 0 Å². The van der Waals surface area contributed by atoms with Gasteiger partial charge in [-0.05, 0) is 0 Å². The molecule has 0 bridgehead atoms. The molecule has 0 rings (SSSR count). The molecule has 0 saturated heterocycles. The van der Waals surface area contributed by atoms with Gasteiger partial charge >= 0.3 is 5.97 Å². The van der Waals surface area contributed by atoms with Crippen LogP contribution in [0.5, 0.6) is 0 Å². The summed E-state index contributed by atoms with van der Waals surface area (Å²) in [5.74, 6) is -1.76. The molecule has 0 amide bonds. The van der Waals surface area contributed by atoms with Crippen molar-refractivity contribution in [2.75, 3.05) is 6.61 Å². The number of nitrogens with one attached hydrogen (secondary N) is 2. The molecule has 0 saturated carbocycles. The summed E-state index contributed by atoms with van der Waals surface area (Å²) in [7, 11) is 0. The van der Waals surface area contributed by atoms with Crippen molar-refractivity contribution in [3.05, 3.63) is 0 Å². The van der Waals surface area contributed by atoms with Crippen LogP contribution in [0, 0.1) is 5.41 Å². The molecule has 0 aliphatic heterocycles. The van der Waals surface area contributed by atoms with E-state index < -0.39 is 24.6 Å². The first-order chi connectivity index (χ1) is 5.57. The molecule has 0 aliphatic carbocycles. The van der Waals surface area contributed by atoms with E-state index in [0.29, 0.717) is 0 Å². The van der Waals surface area contributed by atoms with Crippen molar-refractivity contribution < 1.29 is 15.0 Å². The number of carbonyl (C=O) groups is 1. The van der Waals surface area contributed by atoms with Crippen molar-refractivity contribution in [2.24, 2.45) is 16.1 Å². The summed E-state index contributed by atoms with van der Waals surface area (Å²) in [6.45, 7) is -0.654. The van der Waals surface area contributed by atoms with Gasteiger partial charge in [0.05, 0.1) is 6.61 Å². The summed E-state index contributed by atoms with van der Waals surface area (Å²) in [6, 6.07) is -1.32. The van der Waals surface area contributed by atoms with Crippen molar-refractivity contribution >= 4 is 11.9 Å². The number of carboxylic acids is 1. The van der Waals surface area contributed by atoms with Gasteiger partial charge in [-0.2, -0.15) is 5.11 Å². The zero-order valence-electron chi connectivity index (χ0n) is 6.06. The Balaban J connectivity index is 3.93. The third kappa shape index (κ3) is 4.17. The van der Waals surface area contributed by atoms with Crippen molar-refractivity contribution in [2.45, 2.75) is 6.04 Å². The molecule has 8 nitrogen and oxygen atoms in total. The Labute approximate surface area is 67.6 Å². The van der Waals surface area contributed by atoms with Crippen LogP contribution in [0.1, 0.15) is 0 Å². The zero-order chi connectivity index (χ0) is 9.56. The molecule has 8 heteroatoms. The first kappa shape index (κ1) is 10.3. The van der Waals surface area contributed by atoms with Crippen LogP contribution in [0.3, 0.4) is 0 Å². The Morgan fingerprint density at radius 2 is 2.33 bits per heavy atom. The Bertz CT molecular complexity index is 203. The van der Waals surface area contributed by atoms with Crippen molar-refractivity contribution in [1.82, 2.24) is 5.43 Å². The number of hydrogen-bond donors (Lipinski definition) is 5. The van der Waals surface area contributed by atoms with Gasteiger partial charge in [0.2, 0.25) is 5.96 Å². The van der Waals surface area contributed by atoms with Crippen molar-refractivity contribution in [1.29, 1.82) is 5.41 Å². The zero-order valence-corrected chi connectivity index (χ0v) is 6.06. The highest BCUT2D eigenvalue weighted by Crippen LogP contribution is 1.89. The summed E-state index contributed by atoms with van der Waals surface area (Å²) < 4.78 is 0. The Morgan fingerprint density at radius 3 is 2.67 bits per heavy atom. The maximum atomic E-state index is 10.2. The van der Waals surface area contributed by atoms with Gasteiger partial charge in [-0.25, -0.2) is 10.2 Å². The van der Waals surface area contributed by atoms with Crippen molar-refractivity contribution in [3.8, 4) is 0 Å². The lowest BCUT2D eigenvalue weighted by molar-refractivity contribution is -0.139. The minimum absolute atomic E-state index is 0.458. The van der Waals surface area contributed by atoms with Crippen LogP contribution in [0.2, 0.25) is 0 Å². The molecule has 0 spiro atoms. The Hall–Kier alpha value is -1.70. The van der Waals surface area contributed by atoms with E-state index >= 15 is 0 Å². The van der Waals surface area contributed by atoms with Gasteiger partial charge in [-0.3, -0.25) is 5.41 Å². The average Bonchev–Trinajstić information content (AvgIpc) is 1.96. The second-order valence-electron chi connectivity index (χ2n) is 1.78. The fourth-order valence-electron chi connectivity index (χ4n) is 0.316. The number of nitrogens with two attached hydrogens (primary N) is 1. The van der Waals surface area contributed by atoms with Crippen LogP contribution in [-0.4, -0.2) is 34.8 Å². The lowest BCUT2D eigenvalue weighted by Gasteiger charge is -1.99. The Morgan fingerprint density at radius 1 is 1.75 bits per heavy atom. The largest absolute Gasteiger partial charge is 0.480 e. The number of aliphatic hydroxyl groups is 1. The molecule has 1 atom stereocenters. The second-order valence-corrected chi connectivity index (χ2v) is 1.78. The molecule has 0 radical (unpaired) electrons. The van der Waals surface area contributed by atoms with E-state index in [-0.39, 0.29) is 0 Å². The van der Waals surface area contributed by atoms with Gasteiger partial charge in [-0.15, -0.1) is 0 Å². The molecule has 0 aliphatic rings. The highest BCUT2D eigenvalue weighted by molar-refractivity contribution is 5.74. The van der Waals surface area contributed by atoms with Gasteiger partial charge in [0.1, 0.15) is 0 Å². The molecular weight excluding hydrogens is 166 g/mol. The predicted octanol–water partition coefficient (Wildman–Crippen LogP) is -1.72. The molecule has 0 heterocycles. The summed E-state index contributed by atoms with van der Waals surface area (Å²) in [5, 5.41) is 29.5. The molecule has 0 aromatic heterocycles. The minimum atomic E-state index is -1.32. The second kappa shape index (κ2) is 5.02. The van der Waals surface area contributed by atoms with E-state index in [4.69, 9.17) is 21.4 Å². The van der Waals surface area contributed by atoms with Gasteiger partial charge in [0.15, 0.2) is 6.04 Å². The number of carboxylic acid groups (broad SMARTS) is 1. The predicted molar refractivity (Wildman–Crippen MR) is 38.4 cm³/mol. The fraction of sp³-hybridized carbons (Fsp3) is 0.500. The average molecular weight is 175 g/mol. The van der Waals surface area contributed by atoms with Crippen LogP contribution in [0.4, 0.5) is 0 Å². The van der Waals surface area contributed by atoms with Crippen molar-refractivity contribution in [3.63, 3.8) is 0 Å². The van der Waals surface area contributed by atoms with Gasteiger partial charge in [-0.1, -0.05) is 5.22 Å². The summed E-state index contributed by atoms with van der Waals surface area (Å²) in [4.78, 5) is 10.2. The number of aliphatic carboxylic acids is 1.